The number of para-hydroxylation sites is 3. The molecule has 0 N–H and O–H groups in total. The maximum atomic E-state index is 2.54. The molecule has 0 amide bonds. The molecule has 0 aliphatic carbocycles. The fraction of sp³-hybridized carbons (Fsp3) is 0. The van der Waals surface area contributed by atoms with Crippen molar-refractivity contribution in [1.29, 1.82) is 0 Å². The van der Waals surface area contributed by atoms with Gasteiger partial charge >= 0.3 is 0 Å². The van der Waals surface area contributed by atoms with E-state index in [2.05, 4.69) is 252 Å². The third-order valence-corrected chi connectivity index (χ3v) is 19.5. The third-order valence-electron chi connectivity index (χ3n) is 13.5. The van der Waals surface area contributed by atoms with Crippen LogP contribution in [0, 0.1) is 0 Å². The van der Waals surface area contributed by atoms with Gasteiger partial charge < -0.3 is 9.13 Å². The zero-order chi connectivity index (χ0) is 42.2. The molecule has 3 aromatic heterocycles. The van der Waals surface area contributed by atoms with Crippen molar-refractivity contribution >= 4 is 104 Å². The average molecular weight is 849 g/mol. The van der Waals surface area contributed by atoms with E-state index in [9.17, 15) is 0 Å². The van der Waals surface area contributed by atoms with Gasteiger partial charge in [0.05, 0.1) is 32.5 Å². The second kappa shape index (κ2) is 14.7. The topological polar surface area (TPSA) is 9.86 Å². The van der Waals surface area contributed by atoms with Gasteiger partial charge in [0, 0.05) is 42.7 Å². The van der Waals surface area contributed by atoms with Crippen LogP contribution in [0.15, 0.2) is 243 Å². The predicted octanol–water partition coefficient (Wildman–Crippen LogP) is 13.3. The number of thiophene rings is 1. The Labute approximate surface area is 376 Å². The van der Waals surface area contributed by atoms with Crippen LogP contribution >= 0.6 is 11.3 Å². The molecule has 300 valence electrons. The highest BCUT2D eigenvalue weighted by atomic mass is 32.1. The summed E-state index contributed by atoms with van der Waals surface area (Å²) in [7, 11) is -2.80. The Balaban J connectivity index is 1.08. The lowest BCUT2D eigenvalue weighted by Gasteiger charge is -2.34. The smallest absolute Gasteiger partial charge is 0.179 e. The van der Waals surface area contributed by atoms with Crippen LogP contribution in [-0.4, -0.2) is 17.2 Å². The summed E-state index contributed by atoms with van der Waals surface area (Å²) in [5, 5.41) is 13.1. The van der Waals surface area contributed by atoms with E-state index in [4.69, 9.17) is 0 Å². The molecular formula is C60H40N2SSi. The summed E-state index contributed by atoms with van der Waals surface area (Å²) in [5.41, 5.74) is 9.72. The van der Waals surface area contributed by atoms with E-state index < -0.39 is 8.07 Å². The van der Waals surface area contributed by atoms with Gasteiger partial charge in [-0.3, -0.25) is 0 Å². The minimum atomic E-state index is -2.80. The molecular weight excluding hydrogens is 809 g/mol. The Morgan fingerprint density at radius 2 is 0.750 bits per heavy atom. The van der Waals surface area contributed by atoms with Gasteiger partial charge in [0.15, 0.2) is 8.07 Å². The number of benzene rings is 10. The van der Waals surface area contributed by atoms with Crippen molar-refractivity contribution in [1.82, 2.24) is 9.13 Å². The molecule has 0 bridgehead atoms. The van der Waals surface area contributed by atoms with Crippen LogP contribution in [0.25, 0.3) is 86.3 Å². The maximum Gasteiger partial charge on any atom is 0.179 e. The monoisotopic (exact) mass is 848 g/mol. The molecule has 0 fully saturated rings. The first-order valence-corrected chi connectivity index (χ1v) is 24.8. The van der Waals surface area contributed by atoms with E-state index in [0.717, 1.165) is 5.69 Å². The second-order valence-corrected chi connectivity index (χ2v) is 21.7. The lowest BCUT2D eigenvalue weighted by atomic mass is 10.1. The molecule has 0 atom stereocenters. The molecule has 0 aliphatic rings. The van der Waals surface area contributed by atoms with Crippen molar-refractivity contribution in [2.45, 2.75) is 0 Å². The molecule has 4 heteroatoms. The fourth-order valence-corrected chi connectivity index (χ4v) is 16.6. The Morgan fingerprint density at radius 3 is 1.33 bits per heavy atom. The lowest BCUT2D eigenvalue weighted by molar-refractivity contribution is 1.18. The van der Waals surface area contributed by atoms with Crippen LogP contribution in [0.3, 0.4) is 0 Å². The van der Waals surface area contributed by atoms with Crippen LogP contribution in [-0.2, 0) is 0 Å². The molecule has 0 saturated carbocycles. The summed E-state index contributed by atoms with van der Waals surface area (Å²) < 4.78 is 7.62. The van der Waals surface area contributed by atoms with Gasteiger partial charge in [-0.2, -0.15) is 0 Å². The van der Waals surface area contributed by atoms with Gasteiger partial charge in [-0.15, -0.1) is 11.3 Å². The van der Waals surface area contributed by atoms with Crippen LogP contribution in [0.5, 0.6) is 0 Å². The van der Waals surface area contributed by atoms with Gasteiger partial charge in [-0.25, -0.2) is 0 Å². The Hall–Kier alpha value is -7.76. The first kappa shape index (κ1) is 36.9. The van der Waals surface area contributed by atoms with Crippen molar-refractivity contribution in [2.24, 2.45) is 0 Å². The SMILES string of the molecule is c1ccc(-c2ccc([Si](c3ccccc3)(c3ccccc3)c3ccc(-n4c5ccccc5c5cc(-n6c7ccccc7c7ccccc76)c6sc7ccccc7c6c54)cc3)cc2)cc1. The van der Waals surface area contributed by atoms with E-state index in [1.807, 2.05) is 11.3 Å². The van der Waals surface area contributed by atoms with Crippen molar-refractivity contribution in [3.05, 3.63) is 243 Å². The molecule has 13 aromatic rings. The first-order chi connectivity index (χ1) is 31.8. The molecule has 0 spiro atoms. The van der Waals surface area contributed by atoms with Crippen LogP contribution in [0.1, 0.15) is 0 Å². The average Bonchev–Trinajstić information content (AvgIpc) is 4.04. The van der Waals surface area contributed by atoms with E-state index in [0.29, 0.717) is 0 Å². The van der Waals surface area contributed by atoms with Gasteiger partial charge in [-0.1, -0.05) is 200 Å². The summed E-state index contributed by atoms with van der Waals surface area (Å²) in [6.07, 6.45) is 0. The summed E-state index contributed by atoms with van der Waals surface area (Å²) in [6, 6.07) is 90.4. The number of hydrogen-bond donors (Lipinski definition) is 0. The third kappa shape index (κ3) is 5.43. The number of aromatic nitrogens is 2. The van der Waals surface area contributed by atoms with Gasteiger partial charge in [0.1, 0.15) is 0 Å². The molecule has 2 nitrogen and oxygen atoms in total. The minimum Gasteiger partial charge on any atom is -0.309 e. The fourth-order valence-electron chi connectivity index (χ4n) is 10.7. The Bertz CT molecular complexity index is 3770. The van der Waals surface area contributed by atoms with Crippen molar-refractivity contribution in [3.8, 4) is 22.5 Å². The highest BCUT2D eigenvalue weighted by Crippen LogP contribution is 2.47. The summed E-state index contributed by atoms with van der Waals surface area (Å²) >= 11 is 1.90. The molecule has 3 heterocycles. The molecule has 13 rings (SSSR count). The molecule has 0 aliphatic heterocycles. The van der Waals surface area contributed by atoms with Gasteiger partial charge in [0.25, 0.3) is 0 Å². The lowest BCUT2D eigenvalue weighted by Crippen LogP contribution is -2.74. The predicted molar refractivity (Wildman–Crippen MR) is 277 cm³/mol. The number of rotatable bonds is 7. The molecule has 0 unspecified atom stereocenters. The van der Waals surface area contributed by atoms with Crippen LogP contribution < -0.4 is 20.7 Å². The van der Waals surface area contributed by atoms with Gasteiger partial charge in [0.2, 0.25) is 0 Å². The number of nitrogens with zero attached hydrogens (tertiary/aromatic N) is 2. The zero-order valence-electron chi connectivity index (χ0n) is 34.9. The molecule has 64 heavy (non-hydrogen) atoms. The summed E-state index contributed by atoms with van der Waals surface area (Å²) in [4.78, 5) is 0. The van der Waals surface area contributed by atoms with Crippen LogP contribution in [0.4, 0.5) is 0 Å². The largest absolute Gasteiger partial charge is 0.309 e. The number of hydrogen-bond acceptors (Lipinski definition) is 1. The maximum absolute atomic E-state index is 2.80. The Morgan fingerprint density at radius 1 is 0.328 bits per heavy atom. The first-order valence-electron chi connectivity index (χ1n) is 22.0. The summed E-state index contributed by atoms with van der Waals surface area (Å²) in [5.74, 6) is 0. The van der Waals surface area contributed by atoms with E-state index in [1.165, 1.54) is 101 Å². The van der Waals surface area contributed by atoms with E-state index in [1.54, 1.807) is 0 Å². The van der Waals surface area contributed by atoms with E-state index in [-0.39, 0.29) is 0 Å². The van der Waals surface area contributed by atoms with Crippen molar-refractivity contribution in [3.63, 3.8) is 0 Å². The molecule has 0 radical (unpaired) electrons. The van der Waals surface area contributed by atoms with Crippen LogP contribution in [0.2, 0.25) is 0 Å². The van der Waals surface area contributed by atoms with Crippen molar-refractivity contribution in [2.75, 3.05) is 0 Å². The highest BCUT2D eigenvalue weighted by molar-refractivity contribution is 7.26. The van der Waals surface area contributed by atoms with Crippen molar-refractivity contribution < 1.29 is 0 Å². The number of fused-ring (bicyclic) bond motifs is 10. The second-order valence-electron chi connectivity index (χ2n) is 16.8. The normalized spacial score (nSPS) is 12.1. The van der Waals surface area contributed by atoms with Gasteiger partial charge in [-0.05, 0) is 74.3 Å². The summed E-state index contributed by atoms with van der Waals surface area (Å²) in [6.45, 7) is 0. The minimum absolute atomic E-state index is 1.15. The molecule has 10 aromatic carbocycles. The zero-order valence-corrected chi connectivity index (χ0v) is 36.7. The standard InChI is InChI=1S/C60H40N2SSi/c1-4-18-41(19-5-1)42-32-36-46(37-33-42)64(44-20-6-2-7-21-44,45-22-8-3-9-23-45)47-38-34-43(35-39-47)61-53-28-14-12-26-50(53)52-40-56(60-58(59(52)61)51-27-13-17-31-57(51)63-60)62-54-29-15-10-24-48(54)49-25-11-16-30-55(49)62/h1-40H. The highest BCUT2D eigenvalue weighted by Gasteiger charge is 2.41. The molecule has 0 saturated heterocycles. The quantitative estimate of drug-likeness (QED) is 0.112. The Kier molecular flexibility index (Phi) is 8.45. The van der Waals surface area contributed by atoms with E-state index >= 15 is 0 Å².